The standard InChI is InChI=1S/C16H18ClN3O/c1-10-3-8-14(9-15(10)17)20-16(21)19-11(2)12-4-6-13(18)7-5-12/h3-9,11H,18H2,1-2H3,(H2,19,20,21). The summed E-state index contributed by atoms with van der Waals surface area (Å²) in [5.41, 5.74) is 8.96. The summed E-state index contributed by atoms with van der Waals surface area (Å²) in [5, 5.41) is 6.25. The molecule has 0 aliphatic heterocycles. The van der Waals surface area contributed by atoms with Crippen LogP contribution in [0.5, 0.6) is 0 Å². The highest BCUT2D eigenvalue weighted by atomic mass is 35.5. The van der Waals surface area contributed by atoms with E-state index in [2.05, 4.69) is 10.6 Å². The molecule has 21 heavy (non-hydrogen) atoms. The molecule has 1 unspecified atom stereocenters. The van der Waals surface area contributed by atoms with Crippen molar-refractivity contribution >= 4 is 29.0 Å². The molecule has 0 aliphatic rings. The zero-order valence-corrected chi connectivity index (χ0v) is 12.7. The first-order valence-electron chi connectivity index (χ1n) is 6.65. The number of nitrogens with two attached hydrogens (primary N) is 1. The van der Waals surface area contributed by atoms with Gasteiger partial charge in [-0.15, -0.1) is 0 Å². The molecule has 0 aliphatic carbocycles. The van der Waals surface area contributed by atoms with Crippen LogP contribution in [0.15, 0.2) is 42.5 Å². The molecule has 110 valence electrons. The maximum Gasteiger partial charge on any atom is 0.319 e. The lowest BCUT2D eigenvalue weighted by molar-refractivity contribution is 0.249. The van der Waals surface area contributed by atoms with Gasteiger partial charge in [0, 0.05) is 16.4 Å². The largest absolute Gasteiger partial charge is 0.399 e. The van der Waals surface area contributed by atoms with Gasteiger partial charge in [-0.2, -0.15) is 0 Å². The first-order valence-corrected chi connectivity index (χ1v) is 7.02. The Morgan fingerprint density at radius 3 is 2.48 bits per heavy atom. The number of carbonyl (C=O) groups excluding carboxylic acids is 1. The normalized spacial score (nSPS) is 11.8. The smallest absolute Gasteiger partial charge is 0.319 e. The number of carbonyl (C=O) groups is 1. The number of anilines is 2. The van der Waals surface area contributed by atoms with Crippen LogP contribution < -0.4 is 16.4 Å². The summed E-state index contributed by atoms with van der Waals surface area (Å²) in [6.07, 6.45) is 0. The highest BCUT2D eigenvalue weighted by Gasteiger charge is 2.09. The zero-order valence-electron chi connectivity index (χ0n) is 12.0. The van der Waals surface area contributed by atoms with Crippen molar-refractivity contribution < 1.29 is 4.79 Å². The molecule has 2 amide bonds. The summed E-state index contributed by atoms with van der Waals surface area (Å²) in [6.45, 7) is 3.82. The number of nitrogen functional groups attached to an aromatic ring is 1. The molecule has 0 radical (unpaired) electrons. The number of hydrogen-bond donors (Lipinski definition) is 3. The molecular formula is C16H18ClN3O. The Kier molecular flexibility index (Phi) is 4.70. The number of benzene rings is 2. The molecule has 2 aromatic rings. The SMILES string of the molecule is Cc1ccc(NC(=O)NC(C)c2ccc(N)cc2)cc1Cl. The molecule has 5 heteroatoms. The van der Waals surface area contributed by atoms with E-state index in [0.29, 0.717) is 16.4 Å². The van der Waals surface area contributed by atoms with Gasteiger partial charge in [-0.05, 0) is 49.2 Å². The van der Waals surface area contributed by atoms with Gasteiger partial charge in [0.1, 0.15) is 0 Å². The highest BCUT2D eigenvalue weighted by molar-refractivity contribution is 6.31. The number of aryl methyl sites for hydroxylation is 1. The second-order valence-corrected chi connectivity index (χ2v) is 5.36. The number of urea groups is 1. The average Bonchev–Trinajstić information content (AvgIpc) is 2.43. The Morgan fingerprint density at radius 1 is 1.19 bits per heavy atom. The van der Waals surface area contributed by atoms with E-state index < -0.39 is 0 Å². The third-order valence-electron chi connectivity index (χ3n) is 3.21. The van der Waals surface area contributed by atoms with Gasteiger partial charge in [0.15, 0.2) is 0 Å². The Hall–Kier alpha value is -2.20. The van der Waals surface area contributed by atoms with Crippen molar-refractivity contribution in [1.82, 2.24) is 5.32 Å². The first-order chi connectivity index (χ1) is 9.95. The highest BCUT2D eigenvalue weighted by Crippen LogP contribution is 2.20. The molecule has 0 heterocycles. The predicted octanol–water partition coefficient (Wildman–Crippen LogP) is 4.11. The van der Waals surface area contributed by atoms with E-state index in [1.54, 1.807) is 6.07 Å². The first kappa shape index (κ1) is 15.2. The molecular weight excluding hydrogens is 286 g/mol. The van der Waals surface area contributed by atoms with Gasteiger partial charge in [0.25, 0.3) is 0 Å². The van der Waals surface area contributed by atoms with Crippen molar-refractivity contribution in [3.63, 3.8) is 0 Å². The maximum atomic E-state index is 12.0. The van der Waals surface area contributed by atoms with Gasteiger partial charge in [-0.1, -0.05) is 29.8 Å². The molecule has 4 N–H and O–H groups in total. The number of rotatable bonds is 3. The monoisotopic (exact) mass is 303 g/mol. The summed E-state index contributed by atoms with van der Waals surface area (Å²) in [6, 6.07) is 12.4. The van der Waals surface area contributed by atoms with E-state index in [1.807, 2.05) is 50.2 Å². The molecule has 0 spiro atoms. The summed E-state index contributed by atoms with van der Waals surface area (Å²) in [4.78, 5) is 12.0. The maximum absolute atomic E-state index is 12.0. The van der Waals surface area contributed by atoms with Crippen molar-refractivity contribution in [3.05, 3.63) is 58.6 Å². The van der Waals surface area contributed by atoms with E-state index in [-0.39, 0.29) is 12.1 Å². The molecule has 2 aromatic carbocycles. The zero-order chi connectivity index (χ0) is 15.4. The molecule has 0 bridgehead atoms. The second-order valence-electron chi connectivity index (χ2n) is 4.95. The van der Waals surface area contributed by atoms with E-state index in [0.717, 1.165) is 11.1 Å². The molecule has 4 nitrogen and oxygen atoms in total. The van der Waals surface area contributed by atoms with Gasteiger partial charge < -0.3 is 16.4 Å². The number of hydrogen-bond acceptors (Lipinski definition) is 2. The van der Waals surface area contributed by atoms with Crippen molar-refractivity contribution in [3.8, 4) is 0 Å². The van der Waals surface area contributed by atoms with Gasteiger partial charge in [-0.3, -0.25) is 0 Å². The van der Waals surface area contributed by atoms with E-state index >= 15 is 0 Å². The Labute approximate surface area is 129 Å². The average molecular weight is 304 g/mol. The fraction of sp³-hybridized carbons (Fsp3) is 0.188. The van der Waals surface area contributed by atoms with Gasteiger partial charge >= 0.3 is 6.03 Å². The molecule has 1 atom stereocenters. The Bertz CT molecular complexity index is 640. The summed E-state index contributed by atoms with van der Waals surface area (Å²) < 4.78 is 0. The molecule has 2 rings (SSSR count). The molecule has 0 fully saturated rings. The summed E-state index contributed by atoms with van der Waals surface area (Å²) in [5.74, 6) is 0. The van der Waals surface area contributed by atoms with E-state index in [1.165, 1.54) is 0 Å². The lowest BCUT2D eigenvalue weighted by atomic mass is 10.1. The van der Waals surface area contributed by atoms with Crippen LogP contribution in [0.1, 0.15) is 24.1 Å². The fourth-order valence-corrected chi connectivity index (χ4v) is 2.08. The van der Waals surface area contributed by atoms with Crippen molar-refractivity contribution in [1.29, 1.82) is 0 Å². The van der Waals surface area contributed by atoms with Crippen LogP contribution in [-0.4, -0.2) is 6.03 Å². The van der Waals surface area contributed by atoms with Crippen LogP contribution in [0.2, 0.25) is 5.02 Å². The number of amides is 2. The number of nitrogens with one attached hydrogen (secondary N) is 2. The van der Waals surface area contributed by atoms with E-state index in [4.69, 9.17) is 17.3 Å². The minimum Gasteiger partial charge on any atom is -0.399 e. The molecule has 0 saturated heterocycles. The van der Waals surface area contributed by atoms with Crippen LogP contribution >= 0.6 is 11.6 Å². The minimum absolute atomic E-state index is 0.119. The predicted molar refractivity (Wildman–Crippen MR) is 87.6 cm³/mol. The molecule has 0 aromatic heterocycles. The Morgan fingerprint density at radius 2 is 1.86 bits per heavy atom. The molecule has 0 saturated carbocycles. The number of halogens is 1. The fourth-order valence-electron chi connectivity index (χ4n) is 1.90. The van der Waals surface area contributed by atoms with Crippen LogP contribution in [0.4, 0.5) is 16.2 Å². The van der Waals surface area contributed by atoms with Crippen molar-refractivity contribution in [2.45, 2.75) is 19.9 Å². The Balaban J connectivity index is 1.97. The topological polar surface area (TPSA) is 67.2 Å². The third kappa shape index (κ3) is 4.13. The van der Waals surface area contributed by atoms with Crippen molar-refractivity contribution in [2.75, 3.05) is 11.1 Å². The minimum atomic E-state index is -0.278. The summed E-state index contributed by atoms with van der Waals surface area (Å²) >= 11 is 6.03. The van der Waals surface area contributed by atoms with E-state index in [9.17, 15) is 4.79 Å². The van der Waals surface area contributed by atoms with Gasteiger partial charge in [-0.25, -0.2) is 4.79 Å². The van der Waals surface area contributed by atoms with Crippen molar-refractivity contribution in [2.24, 2.45) is 0 Å². The van der Waals surface area contributed by atoms with Gasteiger partial charge in [0.2, 0.25) is 0 Å². The second kappa shape index (κ2) is 6.50. The lowest BCUT2D eigenvalue weighted by Crippen LogP contribution is -2.31. The van der Waals surface area contributed by atoms with Gasteiger partial charge in [0.05, 0.1) is 6.04 Å². The van der Waals surface area contributed by atoms with Crippen LogP contribution in [-0.2, 0) is 0 Å². The lowest BCUT2D eigenvalue weighted by Gasteiger charge is -2.15. The van der Waals surface area contributed by atoms with Crippen LogP contribution in [0.25, 0.3) is 0 Å². The van der Waals surface area contributed by atoms with Crippen LogP contribution in [0, 0.1) is 6.92 Å². The third-order valence-corrected chi connectivity index (χ3v) is 3.62. The summed E-state index contributed by atoms with van der Waals surface area (Å²) in [7, 11) is 0. The van der Waals surface area contributed by atoms with Crippen LogP contribution in [0.3, 0.4) is 0 Å². The quantitative estimate of drug-likeness (QED) is 0.747.